The smallest absolute Gasteiger partial charge is 0.415 e. The molecule has 1 atom stereocenters. The maximum atomic E-state index is 13.9. The van der Waals surface area contributed by atoms with Gasteiger partial charge in [-0.15, -0.1) is 0 Å². The second-order valence-corrected chi connectivity index (χ2v) is 9.09. The molecular formula is C24H25ClN2O4. The predicted molar refractivity (Wildman–Crippen MR) is 117 cm³/mol. The molecular weight excluding hydrogens is 416 g/mol. The molecule has 0 N–H and O–H groups in total. The van der Waals surface area contributed by atoms with Crippen LogP contribution in [0.4, 0.5) is 10.5 Å². The fourth-order valence-electron chi connectivity index (χ4n) is 5.08. The molecule has 0 aliphatic carbocycles. The van der Waals surface area contributed by atoms with E-state index in [9.17, 15) is 9.59 Å². The maximum absolute atomic E-state index is 13.9. The van der Waals surface area contributed by atoms with E-state index in [1.807, 2.05) is 59.5 Å². The van der Waals surface area contributed by atoms with Gasteiger partial charge in [0.05, 0.1) is 18.5 Å². The fourth-order valence-corrected chi connectivity index (χ4v) is 5.20. The van der Waals surface area contributed by atoms with Crippen LogP contribution in [0.15, 0.2) is 54.6 Å². The van der Waals surface area contributed by atoms with Gasteiger partial charge in [0.15, 0.2) is 5.60 Å². The van der Waals surface area contributed by atoms with Crippen LogP contribution in [0, 0.1) is 0 Å². The summed E-state index contributed by atoms with van der Waals surface area (Å²) < 4.78 is 11.4. The monoisotopic (exact) mass is 440 g/mol. The minimum Gasteiger partial charge on any atom is -0.439 e. The third-order valence-electron chi connectivity index (χ3n) is 6.79. The van der Waals surface area contributed by atoms with Gasteiger partial charge in [-0.05, 0) is 42.7 Å². The summed E-state index contributed by atoms with van der Waals surface area (Å²) in [6.45, 7) is 2.53. The van der Waals surface area contributed by atoms with Gasteiger partial charge in [-0.2, -0.15) is 0 Å². The Bertz CT molecular complexity index is 975. The first-order chi connectivity index (χ1) is 15.0. The molecule has 1 spiro atoms. The highest BCUT2D eigenvalue weighted by molar-refractivity contribution is 6.30. The molecule has 0 aromatic heterocycles. The number of para-hydroxylation sites is 1. The summed E-state index contributed by atoms with van der Waals surface area (Å²) in [5.74, 6) is 0.0872. The third-order valence-corrected chi connectivity index (χ3v) is 7.05. The molecule has 7 heteroatoms. The molecule has 3 fully saturated rings. The van der Waals surface area contributed by atoms with E-state index in [4.69, 9.17) is 21.1 Å². The average molecular weight is 441 g/mol. The summed E-state index contributed by atoms with van der Waals surface area (Å²) in [7, 11) is 0. The first-order valence-corrected chi connectivity index (χ1v) is 11.1. The summed E-state index contributed by atoms with van der Waals surface area (Å²) in [6, 6.07) is 17.1. The molecule has 2 aromatic carbocycles. The number of carbonyl (C=O) groups excluding carboxylic acids is 2. The number of hydrogen-bond donors (Lipinski definition) is 0. The van der Waals surface area contributed by atoms with Crippen molar-refractivity contribution in [3.8, 4) is 0 Å². The zero-order valence-electron chi connectivity index (χ0n) is 17.3. The summed E-state index contributed by atoms with van der Waals surface area (Å²) in [5.41, 5.74) is 0.502. The molecule has 1 unspecified atom stereocenters. The summed E-state index contributed by atoms with van der Waals surface area (Å²) >= 11 is 6.09. The lowest BCUT2D eigenvalue weighted by Crippen LogP contribution is -2.50. The largest absolute Gasteiger partial charge is 0.439 e. The fraction of sp³-hybridized carbons (Fsp3) is 0.417. The van der Waals surface area contributed by atoms with Crippen LogP contribution in [0.3, 0.4) is 0 Å². The van der Waals surface area contributed by atoms with E-state index < -0.39 is 11.0 Å². The number of anilines is 1. The van der Waals surface area contributed by atoms with Crippen LogP contribution < -0.4 is 4.90 Å². The summed E-state index contributed by atoms with van der Waals surface area (Å²) in [6.07, 6.45) is 1.56. The Morgan fingerprint density at radius 2 is 1.65 bits per heavy atom. The van der Waals surface area contributed by atoms with Gasteiger partial charge in [-0.3, -0.25) is 9.69 Å². The Morgan fingerprint density at radius 3 is 2.35 bits per heavy atom. The Balaban J connectivity index is 1.38. The Morgan fingerprint density at radius 1 is 0.935 bits per heavy atom. The van der Waals surface area contributed by atoms with Gasteiger partial charge in [0.2, 0.25) is 5.91 Å². The van der Waals surface area contributed by atoms with Gasteiger partial charge >= 0.3 is 6.09 Å². The van der Waals surface area contributed by atoms with Crippen molar-refractivity contribution in [3.05, 3.63) is 65.2 Å². The van der Waals surface area contributed by atoms with Crippen molar-refractivity contribution < 1.29 is 19.1 Å². The average Bonchev–Trinajstić information content (AvgIpc) is 3.37. The molecule has 3 aliphatic rings. The predicted octanol–water partition coefficient (Wildman–Crippen LogP) is 4.02. The second-order valence-electron chi connectivity index (χ2n) is 8.65. The molecule has 6 nitrogen and oxygen atoms in total. The molecule has 3 aliphatic heterocycles. The van der Waals surface area contributed by atoms with Crippen LogP contribution in [0.1, 0.15) is 24.8 Å². The molecule has 31 heavy (non-hydrogen) atoms. The van der Waals surface area contributed by atoms with E-state index in [1.54, 1.807) is 4.90 Å². The highest BCUT2D eigenvalue weighted by Gasteiger charge is 2.54. The molecule has 2 aromatic rings. The number of benzene rings is 2. The zero-order chi connectivity index (χ0) is 21.5. The topological polar surface area (TPSA) is 59.1 Å². The van der Waals surface area contributed by atoms with Crippen LogP contribution in [0.2, 0.25) is 5.02 Å². The van der Waals surface area contributed by atoms with E-state index in [0.717, 1.165) is 11.3 Å². The first kappa shape index (κ1) is 20.3. The van der Waals surface area contributed by atoms with Crippen LogP contribution in [-0.2, 0) is 19.7 Å². The van der Waals surface area contributed by atoms with Gasteiger partial charge in [-0.25, -0.2) is 4.79 Å². The van der Waals surface area contributed by atoms with Gasteiger partial charge in [-0.1, -0.05) is 41.9 Å². The van der Waals surface area contributed by atoms with Crippen molar-refractivity contribution >= 4 is 29.3 Å². The minimum absolute atomic E-state index is 0.0872. The normalized spacial score (nSPS) is 25.1. The lowest BCUT2D eigenvalue weighted by Gasteiger charge is -2.39. The number of carbonyl (C=O) groups is 2. The quantitative estimate of drug-likeness (QED) is 0.723. The van der Waals surface area contributed by atoms with E-state index in [2.05, 4.69) is 0 Å². The van der Waals surface area contributed by atoms with Gasteiger partial charge in [0, 0.05) is 36.9 Å². The van der Waals surface area contributed by atoms with Crippen LogP contribution in [0.25, 0.3) is 0 Å². The number of rotatable bonds is 3. The molecule has 3 heterocycles. The van der Waals surface area contributed by atoms with Gasteiger partial charge in [0.25, 0.3) is 0 Å². The lowest BCUT2D eigenvalue weighted by atomic mass is 9.73. The maximum Gasteiger partial charge on any atom is 0.415 e. The van der Waals surface area contributed by atoms with Gasteiger partial charge < -0.3 is 14.4 Å². The molecule has 5 rings (SSSR count). The highest BCUT2D eigenvalue weighted by atomic mass is 35.5. The number of nitrogens with zero attached hydrogens (tertiary/aromatic N) is 2. The highest BCUT2D eigenvalue weighted by Crippen LogP contribution is 2.41. The number of halogens is 1. The summed E-state index contributed by atoms with van der Waals surface area (Å²) in [4.78, 5) is 30.0. The van der Waals surface area contributed by atoms with Crippen molar-refractivity contribution in [1.82, 2.24) is 4.90 Å². The van der Waals surface area contributed by atoms with E-state index in [-0.39, 0.29) is 12.0 Å². The number of amides is 2. The van der Waals surface area contributed by atoms with E-state index in [0.29, 0.717) is 57.1 Å². The molecule has 162 valence electrons. The van der Waals surface area contributed by atoms with E-state index >= 15 is 0 Å². The Labute approximate surface area is 186 Å². The Hall–Kier alpha value is -2.57. The van der Waals surface area contributed by atoms with Crippen LogP contribution >= 0.6 is 11.6 Å². The van der Waals surface area contributed by atoms with Crippen LogP contribution in [-0.4, -0.2) is 55.3 Å². The molecule has 0 radical (unpaired) electrons. The number of hydrogen-bond acceptors (Lipinski definition) is 4. The van der Waals surface area contributed by atoms with Crippen molar-refractivity contribution in [2.75, 3.05) is 37.7 Å². The minimum atomic E-state index is -0.658. The SMILES string of the molecule is O=C1OC2(CCN(C(=O)C3(c4ccc(Cl)cc4)CCOCC3)C2)CN1c1ccccc1. The molecule has 2 amide bonds. The first-order valence-electron chi connectivity index (χ1n) is 10.7. The molecule has 0 bridgehead atoms. The third kappa shape index (κ3) is 3.58. The van der Waals surface area contributed by atoms with Crippen molar-refractivity contribution in [2.45, 2.75) is 30.3 Å². The Kier molecular flexibility index (Phi) is 5.15. The van der Waals surface area contributed by atoms with Crippen molar-refractivity contribution in [2.24, 2.45) is 0 Å². The lowest BCUT2D eigenvalue weighted by molar-refractivity contribution is -0.141. The standard InChI is InChI=1S/C24H25ClN2O4/c25-19-8-6-18(7-9-19)24(11-14-30-15-12-24)21(28)26-13-10-23(16-26)17-27(22(29)31-23)20-4-2-1-3-5-20/h1-9H,10-17H2. The van der Waals surface area contributed by atoms with Crippen LogP contribution in [0.5, 0.6) is 0 Å². The number of likely N-dealkylation sites (tertiary alicyclic amines) is 1. The molecule has 3 saturated heterocycles. The van der Waals surface area contributed by atoms with Crippen molar-refractivity contribution in [1.29, 1.82) is 0 Å². The molecule has 0 saturated carbocycles. The van der Waals surface area contributed by atoms with Crippen molar-refractivity contribution in [3.63, 3.8) is 0 Å². The number of ether oxygens (including phenoxy) is 2. The summed E-state index contributed by atoms with van der Waals surface area (Å²) in [5, 5.41) is 0.650. The van der Waals surface area contributed by atoms with E-state index in [1.165, 1.54) is 0 Å². The zero-order valence-corrected chi connectivity index (χ0v) is 18.0. The second kappa shape index (κ2) is 7.84. The van der Waals surface area contributed by atoms with Gasteiger partial charge in [0.1, 0.15) is 0 Å².